The highest BCUT2D eigenvalue weighted by atomic mass is 32.1. The molecule has 0 fully saturated rings. The zero-order valence-corrected chi connectivity index (χ0v) is 9.12. The number of carbonyl (C=O) groups excluding carboxylic acids is 1. The van der Waals surface area contributed by atoms with Crippen molar-refractivity contribution in [2.45, 2.75) is 13.3 Å². The molecule has 1 aromatic carbocycles. The first-order valence-electron chi connectivity index (χ1n) is 4.62. The van der Waals surface area contributed by atoms with Crippen LogP contribution >= 0.6 is 11.7 Å². The molecule has 0 N–H and O–H groups in total. The van der Waals surface area contributed by atoms with E-state index < -0.39 is 0 Å². The molecule has 0 aliphatic rings. The van der Waals surface area contributed by atoms with E-state index in [4.69, 9.17) is 0 Å². The Labute approximate surface area is 92.1 Å². The lowest BCUT2D eigenvalue weighted by molar-refractivity contribution is 0.0989. The van der Waals surface area contributed by atoms with Gasteiger partial charge in [0.1, 0.15) is 5.69 Å². The number of hydrogen-bond acceptors (Lipinski definition) is 4. The molecule has 4 heteroatoms. The maximum atomic E-state index is 11.7. The Morgan fingerprint density at radius 3 is 2.87 bits per heavy atom. The highest BCUT2D eigenvalue weighted by Crippen LogP contribution is 2.10. The quantitative estimate of drug-likeness (QED) is 0.742. The Kier molecular flexibility index (Phi) is 2.87. The van der Waals surface area contributed by atoms with Crippen LogP contribution in [-0.2, 0) is 6.42 Å². The predicted molar refractivity (Wildman–Crippen MR) is 59.1 cm³/mol. The summed E-state index contributed by atoms with van der Waals surface area (Å²) in [6, 6.07) is 7.87. The molecule has 3 nitrogen and oxygen atoms in total. The fourth-order valence-corrected chi connectivity index (χ4v) is 1.79. The second kappa shape index (κ2) is 4.31. The monoisotopic (exact) mass is 218 g/mol. The molecule has 76 valence electrons. The molecule has 0 aliphatic heterocycles. The molecule has 0 radical (unpaired) electrons. The Morgan fingerprint density at radius 2 is 2.20 bits per heavy atom. The van der Waals surface area contributed by atoms with Crippen molar-refractivity contribution in [1.82, 2.24) is 8.75 Å². The van der Waals surface area contributed by atoms with E-state index in [-0.39, 0.29) is 5.78 Å². The number of ketones is 1. The van der Waals surface area contributed by atoms with Crippen molar-refractivity contribution in [2.24, 2.45) is 0 Å². The van der Waals surface area contributed by atoms with Crippen molar-refractivity contribution >= 4 is 17.5 Å². The molecule has 1 aromatic heterocycles. The van der Waals surface area contributed by atoms with Gasteiger partial charge in [-0.3, -0.25) is 4.79 Å². The van der Waals surface area contributed by atoms with E-state index in [2.05, 4.69) is 8.75 Å². The largest absolute Gasteiger partial charge is 0.292 e. The van der Waals surface area contributed by atoms with Crippen LogP contribution in [-0.4, -0.2) is 14.5 Å². The fourth-order valence-electron chi connectivity index (χ4n) is 1.36. The molecule has 2 rings (SSSR count). The number of rotatable bonds is 3. The summed E-state index contributed by atoms with van der Waals surface area (Å²) in [5, 5.41) is 0. The van der Waals surface area contributed by atoms with Crippen molar-refractivity contribution in [1.29, 1.82) is 0 Å². The van der Waals surface area contributed by atoms with E-state index in [0.717, 1.165) is 22.9 Å². The molecule has 0 spiro atoms. The summed E-state index contributed by atoms with van der Waals surface area (Å²) in [6.45, 7) is 2.00. The number of carbonyl (C=O) groups is 1. The summed E-state index contributed by atoms with van der Waals surface area (Å²) in [4.78, 5) is 11.7. The number of aromatic nitrogens is 2. The number of Topliss-reactive ketones (excluding diaryl/α,β-unsaturated/α-hetero) is 1. The molecule has 0 saturated carbocycles. The van der Waals surface area contributed by atoms with Crippen LogP contribution in [0.2, 0.25) is 0 Å². The minimum atomic E-state index is 0.0260. The second-order valence-electron chi connectivity index (χ2n) is 3.32. The van der Waals surface area contributed by atoms with Gasteiger partial charge in [0, 0.05) is 6.42 Å². The third kappa shape index (κ3) is 2.27. The summed E-state index contributed by atoms with van der Waals surface area (Å²) in [5.41, 5.74) is 2.65. The van der Waals surface area contributed by atoms with Crippen LogP contribution in [0.15, 0.2) is 30.5 Å². The smallest absolute Gasteiger partial charge is 0.188 e. The van der Waals surface area contributed by atoms with E-state index >= 15 is 0 Å². The first-order chi connectivity index (χ1) is 7.27. The van der Waals surface area contributed by atoms with Crippen LogP contribution < -0.4 is 0 Å². The lowest BCUT2D eigenvalue weighted by atomic mass is 10.0. The van der Waals surface area contributed by atoms with Gasteiger partial charge in [-0.2, -0.15) is 8.75 Å². The standard InChI is InChI=1S/C11H10N2OS/c1-8-4-2-3-5-9(8)6-11(14)10-7-12-15-13-10/h2-5,7H,6H2,1H3. The van der Waals surface area contributed by atoms with Gasteiger partial charge in [-0.25, -0.2) is 0 Å². The number of aryl methyl sites for hydroxylation is 1. The van der Waals surface area contributed by atoms with Gasteiger partial charge in [0.25, 0.3) is 0 Å². The molecule has 0 amide bonds. The van der Waals surface area contributed by atoms with Gasteiger partial charge in [-0.15, -0.1) is 0 Å². The maximum absolute atomic E-state index is 11.7. The Morgan fingerprint density at radius 1 is 1.40 bits per heavy atom. The SMILES string of the molecule is Cc1ccccc1CC(=O)c1cnsn1. The zero-order chi connectivity index (χ0) is 10.7. The van der Waals surface area contributed by atoms with E-state index in [9.17, 15) is 4.79 Å². The summed E-state index contributed by atoms with van der Waals surface area (Å²) in [5.74, 6) is 0.0260. The molecule has 0 aliphatic carbocycles. The van der Waals surface area contributed by atoms with Gasteiger partial charge in [-0.1, -0.05) is 24.3 Å². The van der Waals surface area contributed by atoms with Crippen LogP contribution in [0.25, 0.3) is 0 Å². The first-order valence-corrected chi connectivity index (χ1v) is 5.35. The fraction of sp³-hybridized carbons (Fsp3) is 0.182. The molecule has 15 heavy (non-hydrogen) atoms. The summed E-state index contributed by atoms with van der Waals surface area (Å²) in [7, 11) is 0. The summed E-state index contributed by atoms with van der Waals surface area (Å²) >= 11 is 1.06. The second-order valence-corrected chi connectivity index (χ2v) is 3.88. The third-order valence-corrected chi connectivity index (χ3v) is 2.74. The first kappa shape index (κ1) is 9.98. The van der Waals surface area contributed by atoms with Crippen LogP contribution in [0, 0.1) is 6.92 Å². The van der Waals surface area contributed by atoms with E-state index in [1.54, 1.807) is 0 Å². The summed E-state index contributed by atoms with van der Waals surface area (Å²) in [6.07, 6.45) is 1.92. The van der Waals surface area contributed by atoms with Gasteiger partial charge in [-0.05, 0) is 18.1 Å². The topological polar surface area (TPSA) is 42.9 Å². The average Bonchev–Trinajstić information content (AvgIpc) is 2.74. The number of hydrogen-bond donors (Lipinski definition) is 0. The molecule has 0 atom stereocenters. The van der Waals surface area contributed by atoms with Gasteiger partial charge >= 0.3 is 0 Å². The van der Waals surface area contributed by atoms with E-state index in [1.807, 2.05) is 31.2 Å². The maximum Gasteiger partial charge on any atom is 0.188 e. The minimum Gasteiger partial charge on any atom is -0.292 e. The molecule has 2 aromatic rings. The Bertz CT molecular complexity index is 465. The van der Waals surface area contributed by atoms with E-state index in [1.165, 1.54) is 6.20 Å². The minimum absolute atomic E-state index is 0.0260. The summed E-state index contributed by atoms with van der Waals surface area (Å²) < 4.78 is 7.74. The molecule has 0 saturated heterocycles. The Hall–Kier alpha value is -1.55. The lowest BCUT2D eigenvalue weighted by Crippen LogP contribution is -2.04. The number of benzene rings is 1. The van der Waals surface area contributed by atoms with Crippen LogP contribution in [0.4, 0.5) is 0 Å². The van der Waals surface area contributed by atoms with Crippen molar-refractivity contribution in [3.05, 3.63) is 47.3 Å². The highest BCUT2D eigenvalue weighted by molar-refractivity contribution is 6.99. The van der Waals surface area contributed by atoms with Crippen molar-refractivity contribution in [3.63, 3.8) is 0 Å². The van der Waals surface area contributed by atoms with Gasteiger partial charge in [0.05, 0.1) is 17.9 Å². The lowest BCUT2D eigenvalue weighted by Gasteiger charge is -2.02. The highest BCUT2D eigenvalue weighted by Gasteiger charge is 2.10. The van der Waals surface area contributed by atoms with E-state index in [0.29, 0.717) is 12.1 Å². The molecule has 1 heterocycles. The van der Waals surface area contributed by atoms with Crippen LogP contribution in [0.1, 0.15) is 21.6 Å². The van der Waals surface area contributed by atoms with Gasteiger partial charge in [0.2, 0.25) is 0 Å². The number of nitrogens with zero attached hydrogens (tertiary/aromatic N) is 2. The molecule has 0 bridgehead atoms. The molecular formula is C11H10N2OS. The van der Waals surface area contributed by atoms with Gasteiger partial charge in [0.15, 0.2) is 5.78 Å². The molecule has 0 unspecified atom stereocenters. The molecular weight excluding hydrogens is 208 g/mol. The van der Waals surface area contributed by atoms with Gasteiger partial charge < -0.3 is 0 Å². The normalized spacial score (nSPS) is 10.2. The van der Waals surface area contributed by atoms with Crippen LogP contribution in [0.5, 0.6) is 0 Å². The zero-order valence-electron chi connectivity index (χ0n) is 8.30. The van der Waals surface area contributed by atoms with Crippen LogP contribution in [0.3, 0.4) is 0 Å². The average molecular weight is 218 g/mol. The van der Waals surface area contributed by atoms with Crippen molar-refractivity contribution < 1.29 is 4.79 Å². The van der Waals surface area contributed by atoms with Crippen molar-refractivity contribution in [2.75, 3.05) is 0 Å². The Balaban J connectivity index is 2.17. The third-order valence-electron chi connectivity index (χ3n) is 2.26. The predicted octanol–water partition coefficient (Wildman–Crippen LogP) is 2.27. The van der Waals surface area contributed by atoms with Crippen molar-refractivity contribution in [3.8, 4) is 0 Å².